The van der Waals surface area contributed by atoms with Gasteiger partial charge in [-0.2, -0.15) is 0 Å². The van der Waals surface area contributed by atoms with Crippen molar-refractivity contribution in [2.75, 3.05) is 258 Å². The molecule has 0 saturated carbocycles. The van der Waals surface area contributed by atoms with E-state index in [1.54, 1.807) is 52.6 Å². The number of carboxylic acids is 12. The number of carbonyl (C=O) groups excluding carboxylic acids is 13. The van der Waals surface area contributed by atoms with Gasteiger partial charge in [-0.25, -0.2) is 0 Å². The van der Waals surface area contributed by atoms with Crippen molar-refractivity contribution in [2.45, 2.75) is 20.0 Å². The van der Waals surface area contributed by atoms with Crippen molar-refractivity contribution in [2.24, 2.45) is 0 Å². The number of amides is 1. The predicted octanol–water partition coefficient (Wildman–Crippen LogP) is -24.0. The first-order valence-corrected chi connectivity index (χ1v) is 30.6. The van der Waals surface area contributed by atoms with Crippen LogP contribution in [0.15, 0.2) is 0 Å². The molecule has 0 aromatic rings. The fourth-order valence-electron chi connectivity index (χ4n) is 9.45. The van der Waals surface area contributed by atoms with Crippen molar-refractivity contribution in [3.05, 3.63) is 0 Å². The molecular weight excluding hydrogens is 1960 g/mol. The van der Waals surface area contributed by atoms with Crippen LogP contribution in [0, 0.1) is 165 Å². The SMILES string of the molecule is CC(O)CN1CCN(CC(=O)[O-])CCN(CC(=O)[O-])CCN(CC(=O)[O-])CC1.CN(C)CN(CC(=O)[O-])CN(CC(=O)[O-])CC(=O)[O-].CNC(=O)CN(CC(=O)[O-])CN(CC(=O)[O-])CN(C)COC(C)=N.O=C([O-])CN1CCN(CC(=O)[O-])CCN(CC(=O)[O-])CCN(CC(=O)[O-])CC1.[Gd+3].[Gd+3].[Gd+3].[Gd+3]. The van der Waals surface area contributed by atoms with E-state index in [-0.39, 0.29) is 317 Å². The Hall–Kier alpha value is -2.72. The van der Waals surface area contributed by atoms with Crippen molar-refractivity contribution >= 4 is 83.4 Å². The number of aliphatic hydroxyl groups is 1. The first kappa shape index (κ1) is 111. The molecule has 47 heteroatoms. The number of aliphatic carboxylic acids is 12. The molecule has 4 radical (unpaired) electrons. The molecule has 2 fully saturated rings. The van der Waals surface area contributed by atoms with E-state index in [2.05, 4.69) is 5.32 Å². The van der Waals surface area contributed by atoms with Crippen LogP contribution in [0.25, 0.3) is 0 Å². The molecule has 590 valence electrons. The van der Waals surface area contributed by atoms with Gasteiger partial charge in [0.15, 0.2) is 5.90 Å². The summed E-state index contributed by atoms with van der Waals surface area (Å²) in [5.41, 5.74) is 0. The average molecular weight is 2050 g/mol. The zero-order valence-electron chi connectivity index (χ0n) is 58.1. The van der Waals surface area contributed by atoms with Gasteiger partial charge in [0.1, 0.15) is 6.73 Å². The topological polar surface area (TPSA) is 609 Å². The Morgan fingerprint density at radius 3 is 0.777 bits per heavy atom. The Kier molecular flexibility index (Phi) is 70.4. The van der Waals surface area contributed by atoms with Gasteiger partial charge in [-0.15, -0.1) is 0 Å². The van der Waals surface area contributed by atoms with Gasteiger partial charge in [0.05, 0.1) is 111 Å². The van der Waals surface area contributed by atoms with Gasteiger partial charge >= 0.3 is 160 Å². The normalized spacial score (nSPS) is 15.5. The summed E-state index contributed by atoms with van der Waals surface area (Å²) in [5, 5.41) is 149. The first-order valence-electron chi connectivity index (χ1n) is 30.6. The smallest absolute Gasteiger partial charge is 0.549 e. The molecule has 2 aliphatic heterocycles. The zero-order chi connectivity index (χ0) is 75.9. The van der Waals surface area contributed by atoms with E-state index >= 15 is 0 Å². The van der Waals surface area contributed by atoms with Crippen LogP contribution in [0.2, 0.25) is 0 Å². The molecule has 1 amide bonds. The second-order valence-electron chi connectivity index (χ2n) is 23.2. The minimum absolute atomic E-state index is 0. The maximum atomic E-state index is 11.4. The van der Waals surface area contributed by atoms with Gasteiger partial charge in [0, 0.05) is 204 Å². The van der Waals surface area contributed by atoms with Gasteiger partial charge in [0.2, 0.25) is 5.91 Å². The number of rotatable bonds is 38. The van der Waals surface area contributed by atoms with E-state index in [1.165, 1.54) is 48.3 Å². The van der Waals surface area contributed by atoms with E-state index in [4.69, 9.17) is 10.1 Å². The van der Waals surface area contributed by atoms with Crippen LogP contribution in [-0.2, 0) is 67.1 Å². The van der Waals surface area contributed by atoms with Crippen LogP contribution in [-0.4, -0.2) is 421 Å². The Morgan fingerprint density at radius 2 is 0.583 bits per heavy atom. The molecule has 2 heterocycles. The molecule has 3 N–H and O–H groups in total. The number of ether oxygens (including phenoxy) is 1. The fourth-order valence-corrected chi connectivity index (χ4v) is 9.45. The van der Waals surface area contributed by atoms with Crippen molar-refractivity contribution in [3.63, 3.8) is 0 Å². The molecule has 2 saturated heterocycles. The molecule has 0 aromatic heterocycles. The average Bonchev–Trinajstić information content (AvgIpc) is 0.922. The third-order valence-electron chi connectivity index (χ3n) is 13.5. The molecule has 1 atom stereocenters. The minimum atomic E-state index is -1.46. The number of hydrogen-bond acceptors (Lipinski definition) is 42. The molecule has 0 spiro atoms. The predicted molar refractivity (Wildman–Crippen MR) is 314 cm³/mol. The quantitative estimate of drug-likeness (QED) is 0.0293. The van der Waals surface area contributed by atoms with E-state index in [1.807, 2.05) is 4.90 Å². The Labute approximate surface area is 725 Å². The van der Waals surface area contributed by atoms with Crippen LogP contribution in [0.1, 0.15) is 13.8 Å². The number of carbonyl (C=O) groups is 13. The van der Waals surface area contributed by atoms with E-state index in [0.29, 0.717) is 45.8 Å². The summed E-state index contributed by atoms with van der Waals surface area (Å²) in [6.45, 7) is 2.78. The van der Waals surface area contributed by atoms with Crippen LogP contribution < -0.4 is 66.6 Å². The summed E-state index contributed by atoms with van der Waals surface area (Å²) < 4.78 is 5.00. The number of hydrogen-bond donors (Lipinski definition) is 3. The molecule has 2 aliphatic rings. The number of nitrogens with zero attached hydrogens (tertiary/aromatic N) is 14. The molecule has 0 aliphatic carbocycles. The van der Waals surface area contributed by atoms with Crippen molar-refractivity contribution in [1.82, 2.24) is 73.9 Å². The molecule has 0 aromatic carbocycles. The molecule has 43 nitrogen and oxygen atoms in total. The van der Waals surface area contributed by atoms with Gasteiger partial charge < -0.3 is 134 Å². The van der Waals surface area contributed by atoms with Gasteiger partial charge in [-0.3, -0.25) is 78.8 Å². The van der Waals surface area contributed by atoms with Crippen LogP contribution >= 0.6 is 0 Å². The molecule has 2 rings (SSSR count). The molecule has 0 bridgehead atoms. The fraction of sp³-hybridized carbons (Fsp3) is 0.750. The van der Waals surface area contributed by atoms with Gasteiger partial charge in [-0.05, 0) is 28.1 Å². The monoisotopic (exact) mass is 2050 g/mol. The third-order valence-corrected chi connectivity index (χ3v) is 13.5. The Balaban J connectivity index is -0.000000304. The van der Waals surface area contributed by atoms with Crippen molar-refractivity contribution < 1.29 is 293 Å². The molecule has 1 unspecified atom stereocenters. The number of nitrogens with one attached hydrogen (secondary N) is 2. The summed E-state index contributed by atoms with van der Waals surface area (Å²) in [7, 11) is 6.41. The van der Waals surface area contributed by atoms with Crippen molar-refractivity contribution in [3.8, 4) is 0 Å². The summed E-state index contributed by atoms with van der Waals surface area (Å²) >= 11 is 0. The largest absolute Gasteiger partial charge is 3.00 e. The van der Waals surface area contributed by atoms with E-state index in [0.717, 1.165) is 4.90 Å². The molecule has 103 heavy (non-hydrogen) atoms. The van der Waals surface area contributed by atoms with Gasteiger partial charge in [0.25, 0.3) is 0 Å². The van der Waals surface area contributed by atoms with Crippen LogP contribution in [0.4, 0.5) is 0 Å². The third kappa shape index (κ3) is 69.5. The second kappa shape index (κ2) is 65.2. The minimum Gasteiger partial charge on any atom is -0.549 e. The van der Waals surface area contributed by atoms with Crippen LogP contribution in [0.5, 0.6) is 0 Å². The van der Waals surface area contributed by atoms with Gasteiger partial charge in [-0.1, -0.05) is 0 Å². The Bertz CT molecular complexity index is 2390. The van der Waals surface area contributed by atoms with E-state index < -0.39 is 116 Å². The summed E-state index contributed by atoms with van der Waals surface area (Å²) in [4.78, 5) is 163. The zero-order valence-corrected chi connectivity index (χ0v) is 67.1. The van der Waals surface area contributed by atoms with Crippen molar-refractivity contribution in [1.29, 1.82) is 5.41 Å². The maximum absolute atomic E-state index is 11.4. The standard InChI is InChI=1S/C17H32N4O7.C16H28N4O8.C13H25N5O6.C10H19N3O6.4Gd/c1-14(22)10-18-2-4-19(11-15(23)24)6-8-21(13-17(27)28)9-7-20(5-3-18)12-16(25)26;21-13(22)9-17-1-2-18(10-14(23)24)5-6-20(12-16(27)28)8-7-19(4-3-17)11-15(25)26;1-10(14)24-9-16(3)7-18(6-13(22)23)8-17(5-12(20)21)4-11(19)15-2;1-11(2)6-13(5-10(18)19)7-12(3-8(14)15)4-9(16)17;;;;/h14,22H,2-13H2,1H3,(H,23,24)(H,25,26)(H,27,28);1-12H2,(H,21,22)(H,23,24)(H,25,26)(H,27,28);14H,4-9H2,1-3H3,(H,15,19)(H,20,21)(H,22,23);3-7H2,1-2H3,(H,14,15)(H,16,17)(H,18,19);;;;/q;;;;4*+3/p-12. The number of carboxylic acid groups (broad SMARTS) is 12. The maximum Gasteiger partial charge on any atom is 3.00 e. The summed E-state index contributed by atoms with van der Waals surface area (Å²) in [5.74, 6) is -16.3. The summed E-state index contributed by atoms with van der Waals surface area (Å²) in [6, 6.07) is 0. The summed E-state index contributed by atoms with van der Waals surface area (Å²) in [6.07, 6.45) is -0.587. The van der Waals surface area contributed by atoms with Crippen LogP contribution in [0.3, 0.4) is 0 Å². The number of aliphatic hydroxyl groups excluding tert-OH is 1. The number of β-amino-alcohol motifs (C(OH)–C–C–N with tert-alkyl or cyclic N) is 1. The number of likely N-dealkylation sites (N-methyl/N-ethyl adjacent to an activating group) is 1. The molecular formula is C56H92Gd4N16O27. The first-order chi connectivity index (χ1) is 46.1. The second-order valence-corrected chi connectivity index (χ2v) is 23.2. The van der Waals surface area contributed by atoms with E-state index in [9.17, 15) is 129 Å². The Morgan fingerprint density at radius 1 is 0.369 bits per heavy atom.